The first-order valence-electron chi connectivity index (χ1n) is 6.01. The second-order valence-electron chi connectivity index (χ2n) is 4.63. The normalized spacial score (nSPS) is 12.9. The van der Waals surface area contributed by atoms with Gasteiger partial charge in [-0.2, -0.15) is 12.6 Å². The van der Waals surface area contributed by atoms with Gasteiger partial charge in [-0.3, -0.25) is 0 Å². The quantitative estimate of drug-likeness (QED) is 0.786. The Labute approximate surface area is 110 Å². The van der Waals surface area contributed by atoms with Gasteiger partial charge in [0.1, 0.15) is 5.75 Å². The van der Waals surface area contributed by atoms with Crippen molar-refractivity contribution in [1.29, 1.82) is 0 Å². The number of thiol groups is 1. The van der Waals surface area contributed by atoms with Gasteiger partial charge in [0.2, 0.25) is 0 Å². The maximum atomic E-state index is 5.45. The Kier molecular flexibility index (Phi) is 5.34. The number of benzene rings is 1. The summed E-state index contributed by atoms with van der Waals surface area (Å²) in [5, 5.41) is 3.30. The molecule has 96 valence electrons. The van der Waals surface area contributed by atoms with Crippen LogP contribution in [0.15, 0.2) is 12.1 Å². The molecule has 0 saturated heterocycles. The molecule has 0 fully saturated rings. The lowest BCUT2D eigenvalue weighted by molar-refractivity contribution is 0.406. The van der Waals surface area contributed by atoms with Crippen LogP contribution in [0.4, 0.5) is 0 Å². The highest BCUT2D eigenvalue weighted by Gasteiger charge is 2.15. The van der Waals surface area contributed by atoms with Crippen molar-refractivity contribution < 1.29 is 4.74 Å². The van der Waals surface area contributed by atoms with Crippen LogP contribution >= 0.6 is 12.6 Å². The second-order valence-corrected chi connectivity index (χ2v) is 4.99. The molecular formula is C14H23NOS. The smallest absolute Gasteiger partial charge is 0.122 e. The molecular weight excluding hydrogens is 230 g/mol. The van der Waals surface area contributed by atoms with E-state index in [4.69, 9.17) is 4.74 Å². The van der Waals surface area contributed by atoms with Crippen LogP contribution in [-0.2, 0) is 0 Å². The van der Waals surface area contributed by atoms with E-state index < -0.39 is 0 Å². The highest BCUT2D eigenvalue weighted by molar-refractivity contribution is 7.80. The molecule has 1 rings (SSSR count). The van der Waals surface area contributed by atoms with Crippen LogP contribution in [0, 0.1) is 6.92 Å². The van der Waals surface area contributed by atoms with Crippen LogP contribution in [0.25, 0.3) is 0 Å². The van der Waals surface area contributed by atoms with E-state index in [9.17, 15) is 0 Å². The van der Waals surface area contributed by atoms with Gasteiger partial charge < -0.3 is 10.1 Å². The van der Waals surface area contributed by atoms with Crippen molar-refractivity contribution in [3.63, 3.8) is 0 Å². The minimum absolute atomic E-state index is 0.293. The Bertz CT molecular complexity index is 373. The van der Waals surface area contributed by atoms with Crippen molar-refractivity contribution >= 4 is 12.6 Å². The predicted molar refractivity (Wildman–Crippen MR) is 77.5 cm³/mol. The van der Waals surface area contributed by atoms with E-state index in [2.05, 4.69) is 50.8 Å². The van der Waals surface area contributed by atoms with Gasteiger partial charge in [-0.15, -0.1) is 0 Å². The number of methoxy groups -OCH3 is 1. The summed E-state index contributed by atoms with van der Waals surface area (Å²) >= 11 is 4.40. The van der Waals surface area contributed by atoms with E-state index in [0.29, 0.717) is 12.0 Å². The molecule has 0 aliphatic heterocycles. The molecule has 0 aliphatic carbocycles. The van der Waals surface area contributed by atoms with Gasteiger partial charge in [0.25, 0.3) is 0 Å². The summed E-state index contributed by atoms with van der Waals surface area (Å²) in [7, 11) is 3.70. The topological polar surface area (TPSA) is 21.3 Å². The molecule has 0 bridgehead atoms. The average molecular weight is 253 g/mol. The average Bonchev–Trinajstić information content (AvgIpc) is 2.31. The van der Waals surface area contributed by atoms with Gasteiger partial charge in [-0.05, 0) is 48.7 Å². The fourth-order valence-electron chi connectivity index (χ4n) is 2.06. The number of rotatable bonds is 5. The first kappa shape index (κ1) is 14.4. The van der Waals surface area contributed by atoms with Crippen LogP contribution in [0.1, 0.15) is 42.5 Å². The molecule has 17 heavy (non-hydrogen) atoms. The molecule has 0 spiro atoms. The molecule has 0 heterocycles. The van der Waals surface area contributed by atoms with Gasteiger partial charge in [0.15, 0.2) is 0 Å². The Morgan fingerprint density at radius 2 is 1.94 bits per heavy atom. The fraction of sp³-hybridized carbons (Fsp3) is 0.571. The fourth-order valence-corrected chi connectivity index (χ4v) is 2.44. The summed E-state index contributed by atoms with van der Waals surface area (Å²) in [4.78, 5) is 0. The maximum Gasteiger partial charge on any atom is 0.122 e. The Hall–Kier alpha value is -0.670. The summed E-state index contributed by atoms with van der Waals surface area (Å²) in [6, 6.07) is 4.66. The molecule has 0 aromatic heterocycles. The van der Waals surface area contributed by atoms with E-state index in [1.54, 1.807) is 7.11 Å². The molecule has 1 unspecified atom stereocenters. The van der Waals surface area contributed by atoms with Crippen molar-refractivity contribution in [1.82, 2.24) is 5.32 Å². The predicted octanol–water partition coefficient (Wildman–Crippen LogP) is 3.32. The molecule has 1 aromatic carbocycles. The standard InChI is InChI=1S/C14H23NOS/c1-9(2)11-7-12(13(8-17)15-4)10(3)6-14(11)16-5/h6-7,9,13,15,17H,8H2,1-5H3. The van der Waals surface area contributed by atoms with E-state index in [1.807, 2.05) is 7.05 Å². The number of nitrogens with one attached hydrogen (secondary N) is 1. The summed E-state index contributed by atoms with van der Waals surface area (Å²) in [6.45, 7) is 6.49. The Balaban J connectivity index is 3.28. The van der Waals surface area contributed by atoms with Crippen LogP contribution in [0.5, 0.6) is 5.75 Å². The lowest BCUT2D eigenvalue weighted by atomic mass is 9.93. The summed E-state index contributed by atoms with van der Waals surface area (Å²) in [6.07, 6.45) is 0. The molecule has 1 atom stereocenters. The second kappa shape index (κ2) is 6.31. The van der Waals surface area contributed by atoms with Crippen LogP contribution in [0.2, 0.25) is 0 Å². The van der Waals surface area contributed by atoms with Crippen molar-refractivity contribution in [2.75, 3.05) is 19.9 Å². The molecule has 3 heteroatoms. The zero-order chi connectivity index (χ0) is 13.0. The van der Waals surface area contributed by atoms with Crippen LogP contribution < -0.4 is 10.1 Å². The number of hydrogen-bond donors (Lipinski definition) is 2. The molecule has 0 saturated carbocycles. The molecule has 1 aromatic rings. The summed E-state index contributed by atoms with van der Waals surface area (Å²) in [5.41, 5.74) is 3.82. The van der Waals surface area contributed by atoms with Gasteiger partial charge in [-0.25, -0.2) is 0 Å². The van der Waals surface area contributed by atoms with Crippen molar-refractivity contribution in [3.8, 4) is 5.75 Å². The highest BCUT2D eigenvalue weighted by atomic mass is 32.1. The molecule has 1 N–H and O–H groups in total. The lowest BCUT2D eigenvalue weighted by Crippen LogP contribution is -2.19. The van der Waals surface area contributed by atoms with Crippen LogP contribution in [0.3, 0.4) is 0 Å². The van der Waals surface area contributed by atoms with Gasteiger partial charge in [0, 0.05) is 11.8 Å². The highest BCUT2D eigenvalue weighted by Crippen LogP contribution is 2.32. The largest absolute Gasteiger partial charge is 0.496 e. The molecule has 2 nitrogen and oxygen atoms in total. The van der Waals surface area contributed by atoms with Gasteiger partial charge in [0.05, 0.1) is 7.11 Å². The van der Waals surface area contributed by atoms with E-state index in [1.165, 1.54) is 16.7 Å². The first-order chi connectivity index (χ1) is 8.04. The zero-order valence-electron chi connectivity index (χ0n) is 11.4. The van der Waals surface area contributed by atoms with E-state index in [0.717, 1.165) is 11.5 Å². The third kappa shape index (κ3) is 3.17. The maximum absolute atomic E-state index is 5.45. The van der Waals surface area contributed by atoms with E-state index in [-0.39, 0.29) is 0 Å². The van der Waals surface area contributed by atoms with Crippen molar-refractivity contribution in [2.24, 2.45) is 0 Å². The zero-order valence-corrected chi connectivity index (χ0v) is 12.3. The minimum Gasteiger partial charge on any atom is -0.496 e. The van der Waals surface area contributed by atoms with E-state index >= 15 is 0 Å². The number of ether oxygens (including phenoxy) is 1. The monoisotopic (exact) mass is 253 g/mol. The van der Waals surface area contributed by atoms with Crippen molar-refractivity contribution in [3.05, 3.63) is 28.8 Å². The lowest BCUT2D eigenvalue weighted by Gasteiger charge is -2.21. The summed E-state index contributed by atoms with van der Waals surface area (Å²) in [5.74, 6) is 2.23. The third-order valence-corrected chi connectivity index (χ3v) is 3.51. The number of hydrogen-bond acceptors (Lipinski definition) is 3. The molecule has 0 radical (unpaired) electrons. The molecule has 0 aliphatic rings. The summed E-state index contributed by atoms with van der Waals surface area (Å²) < 4.78 is 5.45. The van der Waals surface area contributed by atoms with Crippen molar-refractivity contribution in [2.45, 2.75) is 32.7 Å². The Morgan fingerprint density at radius 3 is 2.35 bits per heavy atom. The third-order valence-electron chi connectivity index (χ3n) is 3.15. The Morgan fingerprint density at radius 1 is 1.29 bits per heavy atom. The van der Waals surface area contributed by atoms with Gasteiger partial charge in [-0.1, -0.05) is 13.8 Å². The van der Waals surface area contributed by atoms with Crippen LogP contribution in [-0.4, -0.2) is 19.9 Å². The number of aryl methyl sites for hydroxylation is 1. The first-order valence-corrected chi connectivity index (χ1v) is 6.64. The SMILES string of the molecule is CNC(CS)c1cc(C(C)C)c(OC)cc1C. The van der Waals surface area contributed by atoms with Gasteiger partial charge >= 0.3 is 0 Å². The molecule has 0 amide bonds. The minimum atomic E-state index is 0.293.